The van der Waals surface area contributed by atoms with E-state index in [0.29, 0.717) is 11.8 Å². The van der Waals surface area contributed by atoms with Crippen LogP contribution in [0.4, 0.5) is 0 Å². The van der Waals surface area contributed by atoms with E-state index in [1.807, 2.05) is 0 Å². The van der Waals surface area contributed by atoms with Crippen molar-refractivity contribution in [3.8, 4) is 0 Å². The number of rotatable bonds is 0. The van der Waals surface area contributed by atoms with Gasteiger partial charge in [-0.2, -0.15) is 0 Å². The molecular weight excluding hydrogens is 140 g/mol. The summed E-state index contributed by atoms with van der Waals surface area (Å²) in [6.45, 7) is 0. The van der Waals surface area contributed by atoms with Crippen molar-refractivity contribution in [3.05, 3.63) is 12.2 Å². The molecule has 2 saturated carbocycles. The third-order valence-corrected chi connectivity index (χ3v) is 3.50. The maximum Gasteiger partial charge on any atom is 0.165 e. The number of carbonyl (C=O) groups is 1. The van der Waals surface area contributed by atoms with Crippen molar-refractivity contribution in [1.82, 2.24) is 0 Å². The Kier molecular flexibility index (Phi) is 0.856. The molecule has 0 aromatic carbocycles. The molecule has 0 spiro atoms. The van der Waals surface area contributed by atoms with Gasteiger partial charge in [0.2, 0.25) is 0 Å². The van der Waals surface area contributed by atoms with Gasteiger partial charge >= 0.3 is 0 Å². The number of fused-ring (bicyclic) bond motifs is 5. The quantitative estimate of drug-likeness (QED) is 0.506. The summed E-state index contributed by atoms with van der Waals surface area (Å²) in [5.74, 6) is 1.56. The summed E-state index contributed by atoms with van der Waals surface area (Å²) >= 11 is 0. The Morgan fingerprint density at radius 2 is 2.09 bits per heavy atom. The Hall–Kier alpha value is -0.630. The van der Waals surface area contributed by atoms with Crippen LogP contribution in [0, 0.1) is 23.7 Å². The molecule has 0 aromatic heterocycles. The lowest BCUT2D eigenvalue weighted by molar-refractivity contribution is -0.153. The second-order valence-corrected chi connectivity index (χ2v) is 3.90. The molecule has 2 heteroatoms. The van der Waals surface area contributed by atoms with Crippen LogP contribution in [0.5, 0.6) is 0 Å². The van der Waals surface area contributed by atoms with Crippen molar-refractivity contribution in [1.29, 1.82) is 0 Å². The predicted molar refractivity (Wildman–Crippen MR) is 38.7 cm³/mol. The fourth-order valence-electron chi connectivity index (χ4n) is 2.96. The van der Waals surface area contributed by atoms with Crippen molar-refractivity contribution in [3.63, 3.8) is 0 Å². The molecule has 0 unspecified atom stereocenters. The number of aliphatic hydroxyl groups excluding tert-OH is 1. The molecule has 2 fully saturated rings. The summed E-state index contributed by atoms with van der Waals surface area (Å²) < 4.78 is 0. The highest BCUT2D eigenvalue weighted by Crippen LogP contribution is 2.55. The number of carbonyl (C=O) groups excluding carboxylic acids is 1. The molecule has 3 aliphatic rings. The largest absolute Gasteiger partial charge is 0.385 e. The molecule has 1 N–H and O–H groups in total. The molecule has 2 bridgehead atoms. The molecule has 0 radical (unpaired) electrons. The van der Waals surface area contributed by atoms with E-state index in [-0.39, 0.29) is 17.6 Å². The Morgan fingerprint density at radius 1 is 1.36 bits per heavy atom. The van der Waals surface area contributed by atoms with Crippen LogP contribution in [0.2, 0.25) is 0 Å². The summed E-state index contributed by atoms with van der Waals surface area (Å²) in [5, 5.41) is 9.33. The minimum Gasteiger partial charge on any atom is -0.385 e. The van der Waals surface area contributed by atoms with Crippen molar-refractivity contribution >= 4 is 5.78 Å². The van der Waals surface area contributed by atoms with Crippen molar-refractivity contribution in [2.24, 2.45) is 23.7 Å². The second-order valence-electron chi connectivity index (χ2n) is 3.90. The van der Waals surface area contributed by atoms with E-state index in [1.54, 1.807) is 0 Å². The Bertz CT molecular complexity index is 256. The van der Waals surface area contributed by atoms with Gasteiger partial charge in [0.05, 0.1) is 0 Å². The SMILES string of the molecule is O=C1[C@H]2[C@@H]([C@@H]3C=C[C@H]2C3)[C@@H]1O. The molecule has 58 valence electrons. The number of aliphatic hydroxyl groups is 1. The molecule has 0 heterocycles. The van der Waals surface area contributed by atoms with Crippen molar-refractivity contribution in [2.75, 3.05) is 0 Å². The number of hydrogen-bond acceptors (Lipinski definition) is 2. The second kappa shape index (κ2) is 1.58. The van der Waals surface area contributed by atoms with E-state index in [9.17, 15) is 9.90 Å². The van der Waals surface area contributed by atoms with E-state index in [4.69, 9.17) is 0 Å². The zero-order valence-corrected chi connectivity index (χ0v) is 6.10. The van der Waals surface area contributed by atoms with Gasteiger partial charge in [0.25, 0.3) is 0 Å². The molecule has 0 aliphatic heterocycles. The summed E-state index contributed by atoms with van der Waals surface area (Å²) in [6.07, 6.45) is 4.80. The predicted octanol–water partition coefficient (Wildman–Crippen LogP) is 0.368. The zero-order chi connectivity index (χ0) is 7.59. The van der Waals surface area contributed by atoms with Crippen LogP contribution in [0.15, 0.2) is 12.2 Å². The van der Waals surface area contributed by atoms with Crippen LogP contribution in [0.3, 0.4) is 0 Å². The average molecular weight is 150 g/mol. The molecule has 0 aromatic rings. The molecule has 0 amide bonds. The van der Waals surface area contributed by atoms with Crippen LogP contribution in [0.1, 0.15) is 6.42 Å². The van der Waals surface area contributed by atoms with Crippen molar-refractivity contribution < 1.29 is 9.90 Å². The van der Waals surface area contributed by atoms with Gasteiger partial charge in [0, 0.05) is 11.8 Å². The van der Waals surface area contributed by atoms with E-state index < -0.39 is 6.10 Å². The van der Waals surface area contributed by atoms with E-state index in [0.717, 1.165) is 6.42 Å². The van der Waals surface area contributed by atoms with Gasteiger partial charge in [-0.1, -0.05) is 12.2 Å². The van der Waals surface area contributed by atoms with E-state index in [2.05, 4.69) is 12.2 Å². The standard InChI is InChI=1S/C9H10O2/c10-8-6-4-1-2-5(3-4)7(6)9(8)11/h1-2,4-8,10H,3H2/t4-,5+,6-,7-,8+/m1/s1. The van der Waals surface area contributed by atoms with Gasteiger partial charge in [0.1, 0.15) is 6.10 Å². The number of allylic oxidation sites excluding steroid dienone is 2. The number of ketones is 1. The number of Topliss-reactive ketones (excluding diaryl/α,β-unsaturated/α-hetero) is 1. The maximum absolute atomic E-state index is 11.1. The Balaban J connectivity index is 2.01. The third-order valence-electron chi connectivity index (χ3n) is 3.50. The molecule has 3 aliphatic carbocycles. The highest BCUT2D eigenvalue weighted by Gasteiger charge is 2.60. The fourth-order valence-corrected chi connectivity index (χ4v) is 2.96. The van der Waals surface area contributed by atoms with Gasteiger partial charge in [-0.3, -0.25) is 4.79 Å². The topological polar surface area (TPSA) is 37.3 Å². The minimum atomic E-state index is -0.625. The third kappa shape index (κ3) is 0.486. The molecule has 2 nitrogen and oxygen atoms in total. The monoisotopic (exact) mass is 150 g/mol. The van der Waals surface area contributed by atoms with Crippen LogP contribution in [-0.2, 0) is 4.79 Å². The summed E-state index contributed by atoms with van der Waals surface area (Å²) in [7, 11) is 0. The minimum absolute atomic E-state index is 0.0897. The van der Waals surface area contributed by atoms with Crippen LogP contribution >= 0.6 is 0 Å². The van der Waals surface area contributed by atoms with Gasteiger partial charge in [0.15, 0.2) is 5.78 Å². The lowest BCUT2D eigenvalue weighted by Crippen LogP contribution is -2.53. The van der Waals surface area contributed by atoms with Gasteiger partial charge in [-0.25, -0.2) is 0 Å². The van der Waals surface area contributed by atoms with Crippen LogP contribution in [-0.4, -0.2) is 17.0 Å². The molecular formula is C9H10O2. The van der Waals surface area contributed by atoms with Gasteiger partial charge in [-0.15, -0.1) is 0 Å². The average Bonchev–Trinajstić information content (AvgIpc) is 2.58. The normalized spacial score (nSPS) is 57.9. The molecule has 5 atom stereocenters. The molecule has 3 rings (SSSR count). The lowest BCUT2D eigenvalue weighted by Gasteiger charge is -2.40. The first-order chi connectivity index (χ1) is 5.29. The summed E-state index contributed by atoms with van der Waals surface area (Å²) in [4.78, 5) is 11.1. The number of hydrogen-bond donors (Lipinski definition) is 1. The van der Waals surface area contributed by atoms with Gasteiger partial charge < -0.3 is 5.11 Å². The summed E-state index contributed by atoms with van der Waals surface area (Å²) in [6, 6.07) is 0. The smallest absolute Gasteiger partial charge is 0.165 e. The first kappa shape index (κ1) is 5.95. The van der Waals surface area contributed by atoms with Crippen molar-refractivity contribution in [2.45, 2.75) is 12.5 Å². The Labute approximate surface area is 64.9 Å². The maximum atomic E-state index is 11.1. The highest BCUT2D eigenvalue weighted by molar-refractivity contribution is 5.93. The highest BCUT2D eigenvalue weighted by atomic mass is 16.3. The summed E-state index contributed by atoms with van der Waals surface area (Å²) in [5.41, 5.74) is 0. The van der Waals surface area contributed by atoms with E-state index >= 15 is 0 Å². The van der Waals surface area contributed by atoms with Gasteiger partial charge in [-0.05, 0) is 18.3 Å². The fraction of sp³-hybridized carbons (Fsp3) is 0.667. The Morgan fingerprint density at radius 3 is 2.82 bits per heavy atom. The van der Waals surface area contributed by atoms with E-state index in [1.165, 1.54) is 0 Å². The van der Waals surface area contributed by atoms with Crippen LogP contribution in [0.25, 0.3) is 0 Å². The first-order valence-electron chi connectivity index (χ1n) is 4.19. The molecule has 0 saturated heterocycles. The zero-order valence-electron chi connectivity index (χ0n) is 6.10. The first-order valence-corrected chi connectivity index (χ1v) is 4.19. The van der Waals surface area contributed by atoms with Crippen LogP contribution < -0.4 is 0 Å². The molecule has 11 heavy (non-hydrogen) atoms. The lowest BCUT2D eigenvalue weighted by atomic mass is 9.65.